The van der Waals surface area contributed by atoms with E-state index in [0.29, 0.717) is 11.5 Å². The number of benzene rings is 2. The van der Waals surface area contributed by atoms with Crippen molar-refractivity contribution in [2.75, 3.05) is 19.6 Å². The quantitative estimate of drug-likeness (QED) is 0.513. The number of amides is 1. The van der Waals surface area contributed by atoms with Gasteiger partial charge in [0.25, 0.3) is 0 Å². The van der Waals surface area contributed by atoms with Gasteiger partial charge >= 0.3 is 0 Å². The molecule has 1 fully saturated rings. The molecule has 2 aliphatic heterocycles. The number of carbonyl (C=O) groups is 2. The van der Waals surface area contributed by atoms with E-state index in [1.54, 1.807) is 0 Å². The summed E-state index contributed by atoms with van der Waals surface area (Å²) in [5.41, 5.74) is 4.46. The Labute approximate surface area is 201 Å². The molecule has 0 aliphatic carbocycles. The van der Waals surface area contributed by atoms with Crippen LogP contribution in [0.2, 0.25) is 5.02 Å². The summed E-state index contributed by atoms with van der Waals surface area (Å²) in [6.07, 6.45) is 4.18. The first-order valence-corrected chi connectivity index (χ1v) is 12.2. The lowest BCUT2D eigenvalue weighted by atomic mass is 9.89. The summed E-state index contributed by atoms with van der Waals surface area (Å²) in [6.45, 7) is 4.20. The van der Waals surface area contributed by atoms with Gasteiger partial charge in [0.05, 0.1) is 6.04 Å². The molecule has 172 valence electrons. The molecule has 2 aromatic carbocycles. The second-order valence-corrected chi connectivity index (χ2v) is 9.40. The van der Waals surface area contributed by atoms with E-state index in [9.17, 15) is 9.59 Å². The number of Topliss-reactive ketones (excluding diaryl/α,β-unsaturated/α-hetero) is 1. The Morgan fingerprint density at radius 1 is 1.06 bits per heavy atom. The molecular formula is C28H31ClN2O2. The summed E-state index contributed by atoms with van der Waals surface area (Å²) in [7, 11) is 0. The molecule has 2 heterocycles. The molecule has 1 unspecified atom stereocenters. The number of likely N-dealkylation sites (tertiary alicyclic amines) is 1. The van der Waals surface area contributed by atoms with Gasteiger partial charge in [-0.2, -0.15) is 0 Å². The molecule has 2 aliphatic rings. The minimum atomic E-state index is 0.0457. The lowest BCUT2D eigenvalue weighted by molar-refractivity contribution is -0.132. The molecule has 0 bridgehead atoms. The van der Waals surface area contributed by atoms with Crippen LogP contribution < -0.4 is 5.32 Å². The molecule has 1 N–H and O–H groups in total. The van der Waals surface area contributed by atoms with E-state index >= 15 is 0 Å². The summed E-state index contributed by atoms with van der Waals surface area (Å²) in [6, 6.07) is 14.2. The highest BCUT2D eigenvalue weighted by Crippen LogP contribution is 2.29. The first-order valence-electron chi connectivity index (χ1n) is 11.9. The van der Waals surface area contributed by atoms with Crippen LogP contribution in [-0.4, -0.2) is 42.3 Å². The molecule has 0 spiro atoms. The van der Waals surface area contributed by atoms with Gasteiger partial charge in [0.1, 0.15) is 0 Å². The van der Waals surface area contributed by atoms with E-state index in [0.717, 1.165) is 50.3 Å². The zero-order chi connectivity index (χ0) is 23.2. The second-order valence-electron chi connectivity index (χ2n) is 8.97. The predicted octanol–water partition coefficient (Wildman–Crippen LogP) is 4.79. The Hall–Kier alpha value is -2.61. The van der Waals surface area contributed by atoms with Crippen molar-refractivity contribution < 1.29 is 9.59 Å². The van der Waals surface area contributed by atoms with Crippen molar-refractivity contribution in [3.63, 3.8) is 0 Å². The highest BCUT2D eigenvalue weighted by molar-refractivity contribution is 6.30. The largest absolute Gasteiger partial charge is 0.343 e. The molecule has 2 aromatic rings. The van der Waals surface area contributed by atoms with Crippen LogP contribution in [0.1, 0.15) is 65.6 Å². The Morgan fingerprint density at radius 2 is 1.82 bits per heavy atom. The smallest absolute Gasteiger partial charge is 0.223 e. The number of rotatable bonds is 5. The number of fused-ring (bicyclic) bond motifs is 1. The zero-order valence-electron chi connectivity index (χ0n) is 19.2. The first-order chi connectivity index (χ1) is 16.0. The van der Waals surface area contributed by atoms with Crippen molar-refractivity contribution >= 4 is 23.3 Å². The van der Waals surface area contributed by atoms with Crippen LogP contribution in [0.5, 0.6) is 0 Å². The SMILES string of the molecule is CC#CC1Cc2ccc(C(=O)CCC(=O)N3CCC(c4ccc(Cl)cc4)CC3)cc2CCN1. The third kappa shape index (κ3) is 6.05. The maximum Gasteiger partial charge on any atom is 0.223 e. The number of halogens is 1. The predicted molar refractivity (Wildman–Crippen MR) is 133 cm³/mol. The van der Waals surface area contributed by atoms with Crippen LogP contribution >= 0.6 is 11.6 Å². The molecule has 0 radical (unpaired) electrons. The van der Waals surface area contributed by atoms with Crippen molar-refractivity contribution in [3.8, 4) is 11.8 Å². The van der Waals surface area contributed by atoms with Gasteiger partial charge in [-0.1, -0.05) is 41.8 Å². The monoisotopic (exact) mass is 462 g/mol. The van der Waals surface area contributed by atoms with Gasteiger partial charge < -0.3 is 10.2 Å². The van der Waals surface area contributed by atoms with Crippen molar-refractivity contribution in [2.45, 2.75) is 57.4 Å². The van der Waals surface area contributed by atoms with E-state index < -0.39 is 0 Å². The van der Waals surface area contributed by atoms with Gasteiger partial charge in [0.15, 0.2) is 5.78 Å². The van der Waals surface area contributed by atoms with Crippen LogP contribution in [0.3, 0.4) is 0 Å². The fourth-order valence-corrected chi connectivity index (χ4v) is 5.03. The highest BCUT2D eigenvalue weighted by Gasteiger charge is 2.24. The number of hydrogen-bond donors (Lipinski definition) is 1. The average Bonchev–Trinajstić information content (AvgIpc) is 3.04. The molecular weight excluding hydrogens is 432 g/mol. The normalized spacial score (nSPS) is 18.6. The van der Waals surface area contributed by atoms with E-state index in [1.807, 2.05) is 36.1 Å². The fraction of sp³-hybridized carbons (Fsp3) is 0.429. The summed E-state index contributed by atoms with van der Waals surface area (Å²) >= 11 is 5.99. The third-order valence-electron chi connectivity index (χ3n) is 6.81. The zero-order valence-corrected chi connectivity index (χ0v) is 20.0. The topological polar surface area (TPSA) is 49.4 Å². The van der Waals surface area contributed by atoms with Crippen molar-refractivity contribution in [2.24, 2.45) is 0 Å². The molecule has 4 nitrogen and oxygen atoms in total. The number of piperidine rings is 1. The third-order valence-corrected chi connectivity index (χ3v) is 7.06. The Morgan fingerprint density at radius 3 is 2.55 bits per heavy atom. The number of nitrogens with zero attached hydrogens (tertiary/aromatic N) is 1. The second kappa shape index (κ2) is 11.0. The minimum absolute atomic E-state index is 0.0457. The maximum atomic E-state index is 12.8. The summed E-state index contributed by atoms with van der Waals surface area (Å²) in [4.78, 5) is 27.5. The molecule has 5 heteroatoms. The Kier molecular flexibility index (Phi) is 7.85. The average molecular weight is 463 g/mol. The lowest BCUT2D eigenvalue weighted by Gasteiger charge is -2.32. The molecule has 1 atom stereocenters. The van der Waals surface area contributed by atoms with Crippen LogP contribution in [-0.2, 0) is 17.6 Å². The molecule has 1 amide bonds. The lowest BCUT2D eigenvalue weighted by Crippen LogP contribution is -2.38. The first kappa shape index (κ1) is 23.5. The molecule has 33 heavy (non-hydrogen) atoms. The molecule has 0 aromatic heterocycles. The summed E-state index contributed by atoms with van der Waals surface area (Å²) in [5, 5.41) is 4.20. The minimum Gasteiger partial charge on any atom is -0.343 e. The van der Waals surface area contributed by atoms with Crippen LogP contribution in [0.4, 0.5) is 0 Å². The van der Waals surface area contributed by atoms with E-state index in [-0.39, 0.29) is 30.6 Å². The van der Waals surface area contributed by atoms with Gasteiger partial charge in [-0.15, -0.1) is 5.92 Å². The highest BCUT2D eigenvalue weighted by atomic mass is 35.5. The number of hydrogen-bond acceptors (Lipinski definition) is 3. The van der Waals surface area contributed by atoms with E-state index in [1.165, 1.54) is 16.7 Å². The number of ketones is 1. The van der Waals surface area contributed by atoms with Gasteiger partial charge in [-0.25, -0.2) is 0 Å². The molecule has 1 saturated heterocycles. The Balaban J connectivity index is 1.28. The van der Waals surface area contributed by atoms with Gasteiger partial charge in [0, 0.05) is 43.1 Å². The summed E-state index contributed by atoms with van der Waals surface area (Å²) < 4.78 is 0. The van der Waals surface area contributed by atoms with Crippen molar-refractivity contribution in [1.29, 1.82) is 0 Å². The van der Waals surface area contributed by atoms with E-state index in [2.05, 4.69) is 35.4 Å². The van der Waals surface area contributed by atoms with E-state index in [4.69, 9.17) is 11.6 Å². The maximum absolute atomic E-state index is 12.8. The van der Waals surface area contributed by atoms with Crippen molar-refractivity contribution in [1.82, 2.24) is 10.2 Å². The van der Waals surface area contributed by atoms with Crippen LogP contribution in [0, 0.1) is 11.8 Å². The fourth-order valence-electron chi connectivity index (χ4n) is 4.90. The van der Waals surface area contributed by atoms with Crippen molar-refractivity contribution in [3.05, 3.63) is 69.7 Å². The summed E-state index contributed by atoms with van der Waals surface area (Å²) in [5.74, 6) is 6.78. The van der Waals surface area contributed by atoms with Crippen LogP contribution in [0.25, 0.3) is 0 Å². The Bertz CT molecular complexity index is 1060. The number of nitrogens with one attached hydrogen (secondary N) is 1. The number of carbonyl (C=O) groups excluding carboxylic acids is 2. The van der Waals surface area contributed by atoms with Crippen LogP contribution in [0.15, 0.2) is 42.5 Å². The molecule has 4 rings (SSSR count). The van der Waals surface area contributed by atoms with Gasteiger partial charge in [-0.3, -0.25) is 9.59 Å². The molecule has 0 saturated carbocycles. The standard InChI is InChI=1S/C28H31ClN2O2/c1-2-3-26-19-22-4-5-24(18-23(22)12-15-30-26)27(32)10-11-28(33)31-16-13-21(14-17-31)20-6-8-25(29)9-7-20/h4-9,18,21,26,30H,10-17,19H2,1H3. The van der Waals surface area contributed by atoms with Gasteiger partial charge in [0.2, 0.25) is 5.91 Å². The van der Waals surface area contributed by atoms with Gasteiger partial charge in [-0.05, 0) is 73.4 Å².